The van der Waals surface area contributed by atoms with Crippen LogP contribution in [-0.2, 0) is 17.7 Å². The maximum atomic E-state index is 13.8. The molecule has 0 radical (unpaired) electrons. The Balaban J connectivity index is 2.23. The molecule has 0 saturated carbocycles. The van der Waals surface area contributed by atoms with Gasteiger partial charge >= 0.3 is 0 Å². The Hall–Kier alpha value is -1.20. The Labute approximate surface area is 127 Å². The van der Waals surface area contributed by atoms with Crippen LogP contribution in [-0.4, -0.2) is 28.6 Å². The second-order valence-corrected chi connectivity index (χ2v) is 5.22. The number of aryl methyl sites for hydroxylation is 2. The molecule has 0 aliphatic rings. The number of imidazole rings is 1. The van der Waals surface area contributed by atoms with Gasteiger partial charge in [-0.25, -0.2) is 13.8 Å². The number of nitrogens with zero attached hydrogens (tertiary/aromatic N) is 2. The van der Waals surface area contributed by atoms with Crippen molar-refractivity contribution in [3.63, 3.8) is 0 Å². The third-order valence-electron chi connectivity index (χ3n) is 3.19. The maximum absolute atomic E-state index is 13.8. The second-order valence-electron chi connectivity index (χ2n) is 4.84. The van der Waals surface area contributed by atoms with E-state index in [1.807, 2.05) is 11.5 Å². The Morgan fingerprint density at radius 3 is 2.81 bits per heavy atom. The van der Waals surface area contributed by atoms with Gasteiger partial charge in [-0.15, -0.1) is 11.6 Å². The lowest BCUT2D eigenvalue weighted by atomic mass is 10.3. The highest BCUT2D eigenvalue weighted by molar-refractivity contribution is 6.17. The van der Waals surface area contributed by atoms with Crippen molar-refractivity contribution in [1.29, 1.82) is 0 Å². The largest absolute Gasteiger partial charge is 0.381 e. The zero-order chi connectivity index (χ0) is 15.2. The monoisotopic (exact) mass is 316 g/mol. The van der Waals surface area contributed by atoms with Gasteiger partial charge in [-0.3, -0.25) is 0 Å². The summed E-state index contributed by atoms with van der Waals surface area (Å²) in [5, 5.41) is 0. The fraction of sp³-hybridized carbons (Fsp3) is 0.533. The van der Waals surface area contributed by atoms with Gasteiger partial charge in [0.2, 0.25) is 0 Å². The maximum Gasteiger partial charge on any atom is 0.153 e. The van der Waals surface area contributed by atoms with Crippen molar-refractivity contribution in [1.82, 2.24) is 9.55 Å². The lowest BCUT2D eigenvalue weighted by Crippen LogP contribution is -2.07. The molecule has 1 heterocycles. The molecule has 0 saturated heterocycles. The predicted molar refractivity (Wildman–Crippen MR) is 79.8 cm³/mol. The van der Waals surface area contributed by atoms with Gasteiger partial charge in [-0.05, 0) is 18.9 Å². The van der Waals surface area contributed by atoms with Crippen LogP contribution in [0.2, 0.25) is 0 Å². The molecule has 1 aromatic heterocycles. The lowest BCUT2D eigenvalue weighted by Gasteiger charge is -2.09. The summed E-state index contributed by atoms with van der Waals surface area (Å²) >= 11 is 5.76. The minimum atomic E-state index is -0.637. The number of ether oxygens (including phenoxy) is 1. The number of rotatable bonds is 8. The van der Waals surface area contributed by atoms with Gasteiger partial charge in [0.25, 0.3) is 0 Å². The van der Waals surface area contributed by atoms with Crippen LogP contribution in [0.25, 0.3) is 11.0 Å². The smallest absolute Gasteiger partial charge is 0.153 e. The van der Waals surface area contributed by atoms with E-state index >= 15 is 0 Å². The summed E-state index contributed by atoms with van der Waals surface area (Å²) in [4.78, 5) is 4.25. The molecule has 6 heteroatoms. The molecule has 0 aliphatic carbocycles. The van der Waals surface area contributed by atoms with Crippen molar-refractivity contribution in [2.24, 2.45) is 0 Å². The molecule has 3 nitrogen and oxygen atoms in total. The average molecular weight is 317 g/mol. The first-order chi connectivity index (χ1) is 10.2. The highest BCUT2D eigenvalue weighted by Gasteiger charge is 2.15. The van der Waals surface area contributed by atoms with E-state index in [9.17, 15) is 8.78 Å². The van der Waals surface area contributed by atoms with E-state index < -0.39 is 11.6 Å². The molecule has 21 heavy (non-hydrogen) atoms. The number of fused-ring (bicyclic) bond motifs is 1. The first-order valence-corrected chi connectivity index (χ1v) is 7.68. The fourth-order valence-electron chi connectivity index (χ4n) is 2.29. The van der Waals surface area contributed by atoms with Crippen LogP contribution < -0.4 is 0 Å². The van der Waals surface area contributed by atoms with E-state index in [1.165, 1.54) is 6.07 Å². The molecule has 0 amide bonds. The van der Waals surface area contributed by atoms with Crippen LogP contribution >= 0.6 is 11.6 Å². The molecule has 1 aromatic carbocycles. The van der Waals surface area contributed by atoms with Crippen molar-refractivity contribution < 1.29 is 13.5 Å². The van der Waals surface area contributed by atoms with Crippen molar-refractivity contribution in [3.05, 3.63) is 29.6 Å². The molecular weight excluding hydrogens is 298 g/mol. The molecule has 0 atom stereocenters. The summed E-state index contributed by atoms with van der Waals surface area (Å²) < 4.78 is 34.5. The normalized spacial score (nSPS) is 11.4. The van der Waals surface area contributed by atoms with Gasteiger partial charge in [-0.1, -0.05) is 6.92 Å². The van der Waals surface area contributed by atoms with Gasteiger partial charge in [-0.2, -0.15) is 0 Å². The molecular formula is C15H19ClF2N2O. The lowest BCUT2D eigenvalue weighted by molar-refractivity contribution is 0.129. The van der Waals surface area contributed by atoms with Crippen LogP contribution in [0, 0.1) is 11.6 Å². The standard InChI is InChI=1S/C15H19ClF2N2O/c1-2-7-21-8-3-6-20-13-10-11(17)9-12(18)15(13)19-14(20)4-5-16/h9-10H,2-8H2,1H3. The third kappa shape index (κ3) is 3.92. The van der Waals surface area contributed by atoms with Crippen LogP contribution in [0.1, 0.15) is 25.6 Å². The summed E-state index contributed by atoms with van der Waals surface area (Å²) in [5.41, 5.74) is 0.675. The van der Waals surface area contributed by atoms with E-state index in [-0.39, 0.29) is 5.52 Å². The van der Waals surface area contributed by atoms with Gasteiger partial charge in [0.15, 0.2) is 5.82 Å². The van der Waals surface area contributed by atoms with Crippen molar-refractivity contribution >= 4 is 22.6 Å². The van der Waals surface area contributed by atoms with Crippen molar-refractivity contribution in [3.8, 4) is 0 Å². The first-order valence-electron chi connectivity index (χ1n) is 7.15. The van der Waals surface area contributed by atoms with Crippen molar-refractivity contribution in [2.75, 3.05) is 19.1 Å². The summed E-state index contributed by atoms with van der Waals surface area (Å²) in [6.45, 7) is 4.00. The van der Waals surface area contributed by atoms with Crippen LogP contribution in [0.3, 0.4) is 0 Å². The Morgan fingerprint density at radius 2 is 2.10 bits per heavy atom. The molecule has 0 unspecified atom stereocenters. The summed E-state index contributed by atoms with van der Waals surface area (Å²) in [6, 6.07) is 2.17. The minimum Gasteiger partial charge on any atom is -0.381 e. The molecule has 0 bridgehead atoms. The summed E-state index contributed by atoms with van der Waals surface area (Å²) in [6.07, 6.45) is 2.26. The van der Waals surface area contributed by atoms with E-state index in [0.29, 0.717) is 36.8 Å². The second kappa shape index (κ2) is 7.71. The molecule has 2 aromatic rings. The van der Waals surface area contributed by atoms with E-state index in [4.69, 9.17) is 16.3 Å². The molecule has 2 rings (SSSR count). The van der Waals surface area contributed by atoms with E-state index in [2.05, 4.69) is 4.98 Å². The minimum absolute atomic E-state index is 0.200. The fourth-order valence-corrected chi connectivity index (χ4v) is 2.46. The number of hydrogen-bond acceptors (Lipinski definition) is 2. The topological polar surface area (TPSA) is 27.1 Å². The molecule has 0 fully saturated rings. The van der Waals surface area contributed by atoms with E-state index in [1.54, 1.807) is 0 Å². The predicted octanol–water partition coefficient (Wildman–Crippen LogP) is 3.91. The van der Waals surface area contributed by atoms with Crippen LogP contribution in [0.15, 0.2) is 12.1 Å². The summed E-state index contributed by atoms with van der Waals surface area (Å²) in [7, 11) is 0. The molecule has 116 valence electrons. The number of aromatic nitrogens is 2. The van der Waals surface area contributed by atoms with Gasteiger partial charge in [0.05, 0.1) is 5.52 Å². The molecule has 0 aliphatic heterocycles. The van der Waals surface area contributed by atoms with Crippen LogP contribution in [0.5, 0.6) is 0 Å². The Kier molecular flexibility index (Phi) is 5.94. The Morgan fingerprint density at radius 1 is 1.29 bits per heavy atom. The number of alkyl halides is 1. The first kappa shape index (κ1) is 16.2. The highest BCUT2D eigenvalue weighted by atomic mass is 35.5. The van der Waals surface area contributed by atoms with E-state index in [0.717, 1.165) is 25.5 Å². The zero-order valence-electron chi connectivity index (χ0n) is 12.0. The molecule has 0 N–H and O–H groups in total. The average Bonchev–Trinajstić information content (AvgIpc) is 2.78. The number of halogens is 3. The molecule has 0 spiro atoms. The van der Waals surface area contributed by atoms with Crippen LogP contribution in [0.4, 0.5) is 8.78 Å². The quantitative estimate of drug-likeness (QED) is 0.545. The van der Waals surface area contributed by atoms with Gasteiger partial charge in [0, 0.05) is 38.1 Å². The number of hydrogen-bond donors (Lipinski definition) is 0. The highest BCUT2D eigenvalue weighted by Crippen LogP contribution is 2.22. The Bertz CT molecular complexity index is 601. The van der Waals surface area contributed by atoms with Gasteiger partial charge in [0.1, 0.15) is 17.2 Å². The SMILES string of the molecule is CCCOCCCn1c(CCCl)nc2c(F)cc(F)cc21. The number of benzene rings is 1. The van der Waals surface area contributed by atoms with Gasteiger partial charge < -0.3 is 9.30 Å². The zero-order valence-corrected chi connectivity index (χ0v) is 12.8. The third-order valence-corrected chi connectivity index (χ3v) is 3.38. The summed E-state index contributed by atoms with van der Waals surface area (Å²) in [5.74, 6) is -0.164. The van der Waals surface area contributed by atoms with Crippen molar-refractivity contribution in [2.45, 2.75) is 32.7 Å².